The van der Waals surface area contributed by atoms with Gasteiger partial charge in [0.15, 0.2) is 5.65 Å². The lowest BCUT2D eigenvalue weighted by atomic mass is 10.1. The van der Waals surface area contributed by atoms with Crippen molar-refractivity contribution in [1.82, 2.24) is 25.2 Å². The smallest absolute Gasteiger partial charge is 0.266 e. The van der Waals surface area contributed by atoms with Crippen LogP contribution in [0.15, 0.2) is 10.9 Å². The molecule has 0 aromatic carbocycles. The van der Waals surface area contributed by atoms with Crippen molar-refractivity contribution >= 4 is 11.6 Å². The summed E-state index contributed by atoms with van der Waals surface area (Å²) in [5.41, 5.74) is 3.09. The van der Waals surface area contributed by atoms with Gasteiger partial charge in [-0.2, -0.15) is 0 Å². The van der Waals surface area contributed by atoms with E-state index in [1.165, 1.54) is 6.07 Å². The van der Waals surface area contributed by atoms with Gasteiger partial charge in [0.25, 0.3) is 5.56 Å². The van der Waals surface area contributed by atoms with E-state index in [1.807, 2.05) is 13.8 Å². The minimum absolute atomic E-state index is 0.0497. The molecule has 3 rings (SSSR count). The monoisotopic (exact) mass is 289 g/mol. The zero-order valence-electron chi connectivity index (χ0n) is 12.2. The van der Waals surface area contributed by atoms with Gasteiger partial charge >= 0.3 is 0 Å². The Labute approximate surface area is 121 Å². The van der Waals surface area contributed by atoms with Crippen LogP contribution in [0.1, 0.15) is 23.4 Å². The number of carbonyl (C=O) groups excluding carboxylic acids is 1. The molecule has 3 N–H and O–H groups in total. The van der Waals surface area contributed by atoms with Crippen LogP contribution in [0.4, 0.5) is 0 Å². The van der Waals surface area contributed by atoms with E-state index in [0.717, 1.165) is 36.5 Å². The first kappa shape index (κ1) is 13.8. The molecule has 1 amide bonds. The lowest BCUT2D eigenvalue weighted by Gasteiger charge is -2.14. The highest BCUT2D eigenvalue weighted by Crippen LogP contribution is 2.14. The largest absolute Gasteiger partial charge is 0.352 e. The predicted octanol–water partition coefficient (Wildman–Crippen LogP) is -0.135. The molecule has 2 aromatic rings. The minimum atomic E-state index is -0.178. The van der Waals surface area contributed by atoms with Crippen LogP contribution in [0, 0.1) is 19.8 Å². The Balaban J connectivity index is 1.83. The van der Waals surface area contributed by atoms with Crippen molar-refractivity contribution in [3.8, 4) is 0 Å². The highest BCUT2D eigenvalue weighted by Gasteiger charge is 2.22. The number of nitrogens with zero attached hydrogens (tertiary/aromatic N) is 2. The normalized spacial score (nSPS) is 18.3. The lowest BCUT2D eigenvalue weighted by molar-refractivity contribution is -0.124. The number of amides is 1. The van der Waals surface area contributed by atoms with Gasteiger partial charge in [0.1, 0.15) is 0 Å². The van der Waals surface area contributed by atoms with Crippen LogP contribution in [0.25, 0.3) is 5.65 Å². The Hall–Kier alpha value is -2.15. The van der Waals surface area contributed by atoms with E-state index in [2.05, 4.69) is 20.7 Å². The summed E-state index contributed by atoms with van der Waals surface area (Å²) in [4.78, 5) is 27.9. The van der Waals surface area contributed by atoms with Crippen molar-refractivity contribution in [3.05, 3.63) is 33.4 Å². The summed E-state index contributed by atoms with van der Waals surface area (Å²) < 4.78 is 1.66. The third kappa shape index (κ3) is 2.56. The maximum Gasteiger partial charge on any atom is 0.266 e. The molecule has 7 nitrogen and oxygen atoms in total. The van der Waals surface area contributed by atoms with E-state index in [-0.39, 0.29) is 17.4 Å². The van der Waals surface area contributed by atoms with Crippen molar-refractivity contribution in [2.45, 2.75) is 26.8 Å². The van der Waals surface area contributed by atoms with Gasteiger partial charge in [0.05, 0.1) is 5.92 Å². The van der Waals surface area contributed by atoms with E-state index >= 15 is 0 Å². The minimum Gasteiger partial charge on any atom is -0.352 e. The molecule has 1 aliphatic rings. The molecule has 0 saturated carbocycles. The second kappa shape index (κ2) is 5.33. The number of aromatic nitrogens is 3. The van der Waals surface area contributed by atoms with E-state index in [0.29, 0.717) is 12.2 Å². The van der Waals surface area contributed by atoms with Crippen molar-refractivity contribution in [1.29, 1.82) is 0 Å². The summed E-state index contributed by atoms with van der Waals surface area (Å²) in [5.74, 6) is 0.119. The molecule has 0 aliphatic carbocycles. The fourth-order valence-electron chi connectivity index (χ4n) is 2.81. The van der Waals surface area contributed by atoms with Gasteiger partial charge in [-0.15, -0.1) is 0 Å². The van der Waals surface area contributed by atoms with Crippen LogP contribution in [-0.2, 0) is 11.3 Å². The maximum atomic E-state index is 12.1. The van der Waals surface area contributed by atoms with Gasteiger partial charge < -0.3 is 10.6 Å². The van der Waals surface area contributed by atoms with Crippen LogP contribution < -0.4 is 16.2 Å². The average molecular weight is 289 g/mol. The summed E-state index contributed by atoms with van der Waals surface area (Å²) in [6, 6.07) is 1.46. The Morgan fingerprint density at radius 2 is 2.33 bits per heavy atom. The third-order valence-corrected chi connectivity index (χ3v) is 4.07. The number of nitrogens with one attached hydrogen (secondary N) is 3. The van der Waals surface area contributed by atoms with E-state index < -0.39 is 0 Å². The Morgan fingerprint density at radius 3 is 3.05 bits per heavy atom. The van der Waals surface area contributed by atoms with Crippen LogP contribution >= 0.6 is 0 Å². The Morgan fingerprint density at radius 1 is 1.52 bits per heavy atom. The fraction of sp³-hybridized carbons (Fsp3) is 0.500. The van der Waals surface area contributed by atoms with Gasteiger partial charge in [-0.05, 0) is 26.8 Å². The van der Waals surface area contributed by atoms with Crippen LogP contribution in [0.2, 0.25) is 0 Å². The first-order chi connectivity index (χ1) is 10.1. The molecule has 0 radical (unpaired) electrons. The first-order valence-corrected chi connectivity index (χ1v) is 7.12. The zero-order valence-corrected chi connectivity index (χ0v) is 12.2. The van der Waals surface area contributed by atoms with Gasteiger partial charge in [-0.25, -0.2) is 9.50 Å². The first-order valence-electron chi connectivity index (χ1n) is 7.12. The Bertz CT molecular complexity index is 740. The lowest BCUT2D eigenvalue weighted by Crippen LogP contribution is -2.32. The molecular weight excluding hydrogens is 270 g/mol. The highest BCUT2D eigenvalue weighted by molar-refractivity contribution is 5.79. The van der Waals surface area contributed by atoms with Gasteiger partial charge in [0.2, 0.25) is 5.91 Å². The number of rotatable bonds is 3. The van der Waals surface area contributed by atoms with Crippen LogP contribution in [0.5, 0.6) is 0 Å². The summed E-state index contributed by atoms with van der Waals surface area (Å²) in [7, 11) is 0. The zero-order chi connectivity index (χ0) is 15.0. The molecule has 1 aliphatic heterocycles. The third-order valence-electron chi connectivity index (χ3n) is 4.07. The molecule has 7 heteroatoms. The maximum absolute atomic E-state index is 12.1. The fourth-order valence-corrected chi connectivity index (χ4v) is 2.81. The molecular formula is C14H19N5O2. The number of hydrogen-bond donors (Lipinski definition) is 3. The standard InChI is InChI=1S/C14H19N5O2/c1-8-11(7-16-14(21)10-3-4-15-6-10)9(2)19-12(17-8)5-13(20)18-19/h5,10,15H,3-4,6-7H2,1-2H3,(H,16,21)(H,18,20)/t10-/m1/s1. The molecule has 1 atom stereocenters. The molecule has 21 heavy (non-hydrogen) atoms. The molecule has 0 unspecified atom stereocenters. The van der Waals surface area contributed by atoms with E-state index in [1.54, 1.807) is 4.52 Å². The number of hydrogen-bond acceptors (Lipinski definition) is 4. The second-order valence-electron chi connectivity index (χ2n) is 5.48. The van der Waals surface area contributed by atoms with Gasteiger partial charge in [0, 0.05) is 36.1 Å². The van der Waals surface area contributed by atoms with E-state index in [9.17, 15) is 9.59 Å². The predicted molar refractivity (Wildman–Crippen MR) is 78.1 cm³/mol. The van der Waals surface area contributed by atoms with Crippen LogP contribution in [-0.4, -0.2) is 33.6 Å². The topological polar surface area (TPSA) is 91.3 Å². The molecule has 0 bridgehead atoms. The van der Waals surface area contributed by atoms with Crippen molar-refractivity contribution in [3.63, 3.8) is 0 Å². The number of fused-ring (bicyclic) bond motifs is 1. The van der Waals surface area contributed by atoms with Crippen molar-refractivity contribution < 1.29 is 4.79 Å². The summed E-state index contributed by atoms with van der Waals surface area (Å²) in [6.45, 7) is 5.87. The van der Waals surface area contributed by atoms with E-state index in [4.69, 9.17) is 0 Å². The summed E-state index contributed by atoms with van der Waals surface area (Å²) >= 11 is 0. The van der Waals surface area contributed by atoms with Gasteiger partial charge in [-0.1, -0.05) is 0 Å². The van der Waals surface area contributed by atoms with Crippen molar-refractivity contribution in [2.75, 3.05) is 13.1 Å². The average Bonchev–Trinajstić information content (AvgIpc) is 3.07. The number of aromatic amines is 1. The number of H-pyrrole nitrogens is 1. The summed E-state index contributed by atoms with van der Waals surface area (Å²) in [5, 5.41) is 8.87. The Kier molecular flexibility index (Phi) is 3.50. The SMILES string of the molecule is Cc1nc2cc(=O)[nH]n2c(C)c1CNC(=O)[C@@H]1CCNC1. The molecule has 1 fully saturated rings. The molecule has 1 saturated heterocycles. The molecule has 0 spiro atoms. The second-order valence-corrected chi connectivity index (χ2v) is 5.48. The van der Waals surface area contributed by atoms with Crippen molar-refractivity contribution in [2.24, 2.45) is 5.92 Å². The molecule has 2 aromatic heterocycles. The van der Waals surface area contributed by atoms with Crippen LogP contribution in [0.3, 0.4) is 0 Å². The number of aryl methyl sites for hydroxylation is 2. The highest BCUT2D eigenvalue weighted by atomic mass is 16.2. The summed E-state index contributed by atoms with van der Waals surface area (Å²) in [6.07, 6.45) is 0.881. The quantitative estimate of drug-likeness (QED) is 0.734. The molecule has 3 heterocycles. The van der Waals surface area contributed by atoms with Gasteiger partial charge in [-0.3, -0.25) is 14.7 Å². The molecule has 112 valence electrons. The number of carbonyl (C=O) groups is 1.